The number of likely N-dealkylation sites (tertiary alicyclic amines) is 1. The maximum absolute atomic E-state index is 12.0. The minimum Gasteiger partial charge on any atom is -0.444 e. The molecule has 0 spiro atoms. The third-order valence-electron chi connectivity index (χ3n) is 4.38. The average Bonchev–Trinajstić information content (AvgIpc) is 2.45. The maximum atomic E-state index is 12.0. The van der Waals surface area contributed by atoms with Gasteiger partial charge in [-0.1, -0.05) is 0 Å². The lowest BCUT2D eigenvalue weighted by Crippen LogP contribution is -2.57. The normalized spacial score (nSPS) is 26.6. The fraction of sp³-hybridized carbons (Fsp3) is 0.867. The van der Waals surface area contributed by atoms with Crippen LogP contribution in [0.2, 0.25) is 0 Å². The molecule has 1 N–H and O–H groups in total. The zero-order valence-corrected chi connectivity index (χ0v) is 13.9. The van der Waals surface area contributed by atoms with Crippen LogP contribution in [0.4, 0.5) is 4.79 Å². The number of ether oxygens (including phenoxy) is 1. The van der Waals surface area contributed by atoms with Gasteiger partial charge in [-0.05, 0) is 39.5 Å². The summed E-state index contributed by atoms with van der Waals surface area (Å²) in [6.45, 7) is 6.44. The molecule has 0 radical (unpaired) electrons. The van der Waals surface area contributed by atoms with Gasteiger partial charge in [-0.15, -0.1) is 0 Å². The SMILES string of the molecule is CC(C)(C)OC(=O)N1CCC([C@H]2NC(=O)CC[C@@H]2[N+](=O)[O-])CC1. The van der Waals surface area contributed by atoms with E-state index in [1.165, 1.54) is 0 Å². The maximum Gasteiger partial charge on any atom is 0.410 e. The topological polar surface area (TPSA) is 102 Å². The van der Waals surface area contributed by atoms with Crippen LogP contribution in [0.3, 0.4) is 0 Å². The van der Waals surface area contributed by atoms with Crippen LogP contribution in [0, 0.1) is 16.0 Å². The molecule has 23 heavy (non-hydrogen) atoms. The first kappa shape index (κ1) is 17.5. The summed E-state index contributed by atoms with van der Waals surface area (Å²) in [6.07, 6.45) is 1.41. The molecule has 2 amide bonds. The molecule has 0 aromatic carbocycles. The van der Waals surface area contributed by atoms with Crippen molar-refractivity contribution in [3.05, 3.63) is 10.1 Å². The lowest BCUT2D eigenvalue weighted by Gasteiger charge is -2.38. The van der Waals surface area contributed by atoms with E-state index in [0.717, 1.165) is 0 Å². The van der Waals surface area contributed by atoms with Crippen molar-refractivity contribution in [2.75, 3.05) is 13.1 Å². The molecule has 0 saturated carbocycles. The number of rotatable bonds is 2. The smallest absolute Gasteiger partial charge is 0.410 e. The molecule has 0 aliphatic carbocycles. The van der Waals surface area contributed by atoms with Gasteiger partial charge in [0.2, 0.25) is 11.9 Å². The Labute approximate surface area is 135 Å². The number of carbonyl (C=O) groups excluding carboxylic acids is 2. The highest BCUT2D eigenvalue weighted by Crippen LogP contribution is 2.28. The van der Waals surface area contributed by atoms with Crippen molar-refractivity contribution in [1.82, 2.24) is 10.2 Å². The third-order valence-corrected chi connectivity index (χ3v) is 4.38. The van der Waals surface area contributed by atoms with E-state index in [1.807, 2.05) is 20.8 Å². The zero-order valence-electron chi connectivity index (χ0n) is 13.9. The first-order valence-electron chi connectivity index (χ1n) is 8.08. The summed E-state index contributed by atoms with van der Waals surface area (Å²) in [5, 5.41) is 14.0. The second kappa shape index (κ2) is 6.72. The molecule has 2 heterocycles. The summed E-state index contributed by atoms with van der Waals surface area (Å²) < 4.78 is 5.34. The van der Waals surface area contributed by atoms with E-state index in [-0.39, 0.29) is 35.7 Å². The minimum atomic E-state index is -0.731. The van der Waals surface area contributed by atoms with Crippen LogP contribution >= 0.6 is 0 Å². The molecule has 8 heteroatoms. The molecule has 130 valence electrons. The number of hydrogen-bond acceptors (Lipinski definition) is 5. The summed E-state index contributed by atoms with van der Waals surface area (Å²) in [5.74, 6) is -0.101. The summed E-state index contributed by atoms with van der Waals surface area (Å²) in [5.41, 5.74) is -0.540. The highest BCUT2D eigenvalue weighted by Gasteiger charge is 2.43. The van der Waals surface area contributed by atoms with Crippen LogP contribution in [0.1, 0.15) is 46.5 Å². The van der Waals surface area contributed by atoms with Gasteiger partial charge in [0.1, 0.15) is 5.60 Å². The van der Waals surface area contributed by atoms with Gasteiger partial charge in [0, 0.05) is 30.9 Å². The summed E-state index contributed by atoms with van der Waals surface area (Å²) in [7, 11) is 0. The van der Waals surface area contributed by atoms with Gasteiger partial charge in [0.05, 0.1) is 6.04 Å². The Morgan fingerprint density at radius 2 is 1.91 bits per heavy atom. The first-order chi connectivity index (χ1) is 10.7. The molecule has 2 aliphatic heterocycles. The molecule has 2 saturated heterocycles. The number of nitrogens with zero attached hydrogens (tertiary/aromatic N) is 2. The Bertz CT molecular complexity index is 480. The second-order valence-corrected chi connectivity index (χ2v) is 7.29. The van der Waals surface area contributed by atoms with E-state index >= 15 is 0 Å². The Hall–Kier alpha value is -1.86. The van der Waals surface area contributed by atoms with Gasteiger partial charge in [-0.3, -0.25) is 14.9 Å². The highest BCUT2D eigenvalue weighted by molar-refractivity contribution is 5.77. The van der Waals surface area contributed by atoms with Crippen LogP contribution < -0.4 is 5.32 Å². The second-order valence-electron chi connectivity index (χ2n) is 7.29. The van der Waals surface area contributed by atoms with E-state index in [9.17, 15) is 19.7 Å². The van der Waals surface area contributed by atoms with Crippen molar-refractivity contribution in [3.8, 4) is 0 Å². The molecular formula is C15H25N3O5. The van der Waals surface area contributed by atoms with Crippen molar-refractivity contribution in [3.63, 3.8) is 0 Å². The van der Waals surface area contributed by atoms with Gasteiger partial charge >= 0.3 is 6.09 Å². The predicted molar refractivity (Wildman–Crippen MR) is 82.5 cm³/mol. The quantitative estimate of drug-likeness (QED) is 0.612. The molecule has 0 aromatic rings. The van der Waals surface area contributed by atoms with Crippen molar-refractivity contribution in [1.29, 1.82) is 0 Å². The number of nitro groups is 1. The molecule has 2 atom stereocenters. The zero-order chi connectivity index (χ0) is 17.2. The Morgan fingerprint density at radius 1 is 1.30 bits per heavy atom. The van der Waals surface area contributed by atoms with E-state index in [1.54, 1.807) is 4.90 Å². The van der Waals surface area contributed by atoms with Gasteiger partial charge < -0.3 is 15.0 Å². The fourth-order valence-corrected chi connectivity index (χ4v) is 3.25. The van der Waals surface area contributed by atoms with Crippen LogP contribution in [0.25, 0.3) is 0 Å². The largest absolute Gasteiger partial charge is 0.444 e. The monoisotopic (exact) mass is 327 g/mol. The molecule has 2 rings (SSSR count). The lowest BCUT2D eigenvalue weighted by molar-refractivity contribution is -0.530. The van der Waals surface area contributed by atoms with Crippen molar-refractivity contribution in [2.24, 2.45) is 5.92 Å². The number of amides is 2. The predicted octanol–water partition coefficient (Wildman–Crippen LogP) is 1.56. The fourth-order valence-electron chi connectivity index (χ4n) is 3.25. The molecule has 2 aliphatic rings. The van der Waals surface area contributed by atoms with E-state index in [2.05, 4.69) is 5.32 Å². The van der Waals surface area contributed by atoms with Gasteiger partial charge in [-0.2, -0.15) is 0 Å². The van der Waals surface area contributed by atoms with E-state index in [0.29, 0.717) is 25.9 Å². The van der Waals surface area contributed by atoms with Crippen LogP contribution in [0.15, 0.2) is 0 Å². The van der Waals surface area contributed by atoms with E-state index < -0.39 is 17.7 Å². The van der Waals surface area contributed by atoms with Crippen LogP contribution in [0.5, 0.6) is 0 Å². The van der Waals surface area contributed by atoms with Crippen molar-refractivity contribution < 1.29 is 19.2 Å². The van der Waals surface area contributed by atoms with Crippen LogP contribution in [-0.4, -0.2) is 52.6 Å². The van der Waals surface area contributed by atoms with E-state index in [4.69, 9.17) is 4.74 Å². The molecule has 2 fully saturated rings. The number of nitrogens with one attached hydrogen (secondary N) is 1. The lowest BCUT2D eigenvalue weighted by atomic mass is 9.82. The van der Waals surface area contributed by atoms with Gasteiger partial charge in [0.25, 0.3) is 0 Å². The summed E-state index contributed by atoms with van der Waals surface area (Å²) in [4.78, 5) is 36.2. The van der Waals surface area contributed by atoms with Crippen LogP contribution in [-0.2, 0) is 9.53 Å². The summed E-state index contributed by atoms with van der Waals surface area (Å²) in [6, 6.07) is -1.17. The molecule has 8 nitrogen and oxygen atoms in total. The Balaban J connectivity index is 1.93. The van der Waals surface area contributed by atoms with Crippen molar-refractivity contribution >= 4 is 12.0 Å². The molecule has 0 aromatic heterocycles. The third kappa shape index (κ3) is 4.56. The molecule has 0 bridgehead atoms. The minimum absolute atomic E-state index is 0.0216. The van der Waals surface area contributed by atoms with Crippen molar-refractivity contribution in [2.45, 2.75) is 64.1 Å². The Kier molecular flexibility index (Phi) is 5.11. The number of hydrogen-bond donors (Lipinski definition) is 1. The standard InChI is InChI=1S/C15H25N3O5/c1-15(2,3)23-14(20)17-8-6-10(7-9-17)13-11(18(21)22)4-5-12(19)16-13/h10-11,13H,4-9H2,1-3H3,(H,16,19)/t11-,13+/m0/s1. The Morgan fingerprint density at radius 3 is 2.43 bits per heavy atom. The average molecular weight is 327 g/mol. The highest BCUT2D eigenvalue weighted by atomic mass is 16.6. The molecular weight excluding hydrogens is 302 g/mol. The molecule has 0 unspecified atom stereocenters. The first-order valence-corrected chi connectivity index (χ1v) is 8.08. The summed E-state index contributed by atoms with van der Waals surface area (Å²) >= 11 is 0. The van der Waals surface area contributed by atoms with Gasteiger partial charge in [-0.25, -0.2) is 4.79 Å². The number of piperidine rings is 2. The number of carbonyl (C=O) groups is 2. The van der Waals surface area contributed by atoms with Gasteiger partial charge in [0.15, 0.2) is 0 Å².